The van der Waals surface area contributed by atoms with Gasteiger partial charge in [0.05, 0.1) is 24.0 Å². The van der Waals surface area contributed by atoms with Crippen LogP contribution in [0.15, 0.2) is 91.5 Å². The van der Waals surface area contributed by atoms with E-state index in [0.717, 1.165) is 74.1 Å². The van der Waals surface area contributed by atoms with Crippen LogP contribution in [0.3, 0.4) is 0 Å². The molecule has 0 bridgehead atoms. The second-order valence-electron chi connectivity index (χ2n) is 9.74. The highest BCUT2D eigenvalue weighted by Crippen LogP contribution is 2.31. The number of rotatable bonds is 10. The van der Waals surface area contributed by atoms with E-state index in [0.29, 0.717) is 0 Å². The van der Waals surface area contributed by atoms with E-state index in [1.807, 2.05) is 36.8 Å². The van der Waals surface area contributed by atoms with Crippen LogP contribution in [0.4, 0.5) is 5.69 Å². The van der Waals surface area contributed by atoms with Gasteiger partial charge >= 0.3 is 0 Å². The number of hydrogen-bond acceptors (Lipinski definition) is 5. The first-order chi connectivity index (χ1) is 18.7. The Morgan fingerprint density at radius 3 is 2.42 bits per heavy atom. The Labute approximate surface area is 230 Å². The standard InChI is InChI=1S/C31H33ClN6/c32-29-10-7-26(8-11-29)31(25-5-2-1-3-6-25)38-19-17-36(18-20-38)23-28-21-30(12-9-27(28)22-33)35-13-4-15-37-16-14-34-24-37/h1-3,5-12,14,16,21,24,31,35H,4,13,15,17-20,23H2. The summed E-state index contributed by atoms with van der Waals surface area (Å²) in [7, 11) is 0. The van der Waals surface area contributed by atoms with Crippen LogP contribution in [0.2, 0.25) is 5.02 Å². The Hall–Kier alpha value is -3.63. The van der Waals surface area contributed by atoms with Crippen molar-refractivity contribution in [1.29, 1.82) is 5.26 Å². The minimum atomic E-state index is 0.195. The SMILES string of the molecule is N#Cc1ccc(NCCCn2ccnc2)cc1CN1CCN(C(c2ccccc2)c2ccc(Cl)cc2)CC1. The fourth-order valence-corrected chi connectivity index (χ4v) is 5.30. The van der Waals surface area contributed by atoms with Crippen molar-refractivity contribution in [1.82, 2.24) is 19.4 Å². The maximum absolute atomic E-state index is 9.73. The van der Waals surface area contributed by atoms with Gasteiger partial charge in [-0.25, -0.2) is 4.98 Å². The number of nitriles is 1. The number of aryl methyl sites for hydroxylation is 1. The topological polar surface area (TPSA) is 60.1 Å². The number of benzene rings is 3. The maximum atomic E-state index is 9.73. The summed E-state index contributed by atoms with van der Waals surface area (Å²) in [5.74, 6) is 0. The molecule has 1 fully saturated rings. The third-order valence-corrected chi connectivity index (χ3v) is 7.43. The van der Waals surface area contributed by atoms with Gasteiger partial charge in [0.2, 0.25) is 0 Å². The van der Waals surface area contributed by atoms with E-state index in [2.05, 4.69) is 79.3 Å². The first kappa shape index (κ1) is 26.0. The minimum absolute atomic E-state index is 0.195. The average molecular weight is 525 g/mol. The molecule has 3 aromatic carbocycles. The van der Waals surface area contributed by atoms with Crippen molar-refractivity contribution in [3.63, 3.8) is 0 Å². The van der Waals surface area contributed by atoms with E-state index >= 15 is 0 Å². The highest BCUT2D eigenvalue weighted by atomic mass is 35.5. The number of imidazole rings is 1. The number of anilines is 1. The first-order valence-electron chi connectivity index (χ1n) is 13.2. The van der Waals surface area contributed by atoms with Gasteiger partial charge in [0, 0.05) is 68.9 Å². The molecule has 1 saturated heterocycles. The van der Waals surface area contributed by atoms with Crippen LogP contribution in [0.5, 0.6) is 0 Å². The van der Waals surface area contributed by atoms with Gasteiger partial charge < -0.3 is 9.88 Å². The van der Waals surface area contributed by atoms with Crippen molar-refractivity contribution in [2.24, 2.45) is 0 Å². The molecule has 1 N–H and O–H groups in total. The molecule has 6 nitrogen and oxygen atoms in total. The molecule has 1 unspecified atom stereocenters. The maximum Gasteiger partial charge on any atom is 0.0995 e. The van der Waals surface area contributed by atoms with Crippen LogP contribution in [0.1, 0.15) is 34.7 Å². The Morgan fingerprint density at radius 1 is 0.947 bits per heavy atom. The molecule has 1 aromatic heterocycles. The summed E-state index contributed by atoms with van der Waals surface area (Å²) in [5, 5.41) is 14.0. The van der Waals surface area contributed by atoms with Crippen LogP contribution in [-0.4, -0.2) is 52.1 Å². The number of nitrogens with zero attached hydrogens (tertiary/aromatic N) is 5. The molecule has 1 atom stereocenters. The highest BCUT2D eigenvalue weighted by molar-refractivity contribution is 6.30. The summed E-state index contributed by atoms with van der Waals surface area (Å²) >= 11 is 6.19. The third kappa shape index (κ3) is 6.62. The van der Waals surface area contributed by atoms with Gasteiger partial charge in [0.25, 0.3) is 0 Å². The second-order valence-corrected chi connectivity index (χ2v) is 10.2. The molecule has 5 rings (SSSR count). The van der Waals surface area contributed by atoms with Gasteiger partial charge in [0.15, 0.2) is 0 Å². The van der Waals surface area contributed by atoms with E-state index in [1.165, 1.54) is 11.1 Å². The van der Waals surface area contributed by atoms with Gasteiger partial charge in [-0.2, -0.15) is 5.26 Å². The van der Waals surface area contributed by atoms with Crippen LogP contribution in [0.25, 0.3) is 0 Å². The minimum Gasteiger partial charge on any atom is -0.385 e. The summed E-state index contributed by atoms with van der Waals surface area (Å²) in [5.41, 5.74) is 5.45. The zero-order chi connectivity index (χ0) is 26.2. The summed E-state index contributed by atoms with van der Waals surface area (Å²) in [6, 6.07) is 27.6. The third-order valence-electron chi connectivity index (χ3n) is 7.17. The number of aromatic nitrogens is 2. The van der Waals surface area contributed by atoms with Crippen molar-refractivity contribution in [2.75, 3.05) is 38.0 Å². The summed E-state index contributed by atoms with van der Waals surface area (Å²) < 4.78 is 2.08. The van der Waals surface area contributed by atoms with Crippen LogP contribution < -0.4 is 5.32 Å². The molecule has 1 aliphatic heterocycles. The summed E-state index contributed by atoms with van der Waals surface area (Å²) in [6.07, 6.45) is 6.64. The zero-order valence-corrected chi connectivity index (χ0v) is 22.3. The lowest BCUT2D eigenvalue weighted by molar-refractivity contribution is 0.105. The molecular formula is C31H33ClN6. The van der Waals surface area contributed by atoms with Crippen molar-refractivity contribution in [3.8, 4) is 6.07 Å². The summed E-state index contributed by atoms with van der Waals surface area (Å²) in [6.45, 7) is 6.38. The van der Waals surface area contributed by atoms with Gasteiger partial charge in [-0.1, -0.05) is 54.1 Å². The van der Waals surface area contributed by atoms with Gasteiger partial charge in [-0.05, 0) is 53.4 Å². The number of piperazine rings is 1. The molecule has 0 radical (unpaired) electrons. The largest absolute Gasteiger partial charge is 0.385 e. The Bertz CT molecular complexity index is 1320. The molecule has 2 heterocycles. The van der Waals surface area contributed by atoms with Crippen LogP contribution in [0, 0.1) is 11.3 Å². The van der Waals surface area contributed by atoms with Crippen molar-refractivity contribution in [3.05, 3.63) is 119 Å². The fourth-order valence-electron chi connectivity index (χ4n) is 5.17. The van der Waals surface area contributed by atoms with Crippen molar-refractivity contribution < 1.29 is 0 Å². The van der Waals surface area contributed by atoms with Crippen LogP contribution >= 0.6 is 11.6 Å². The van der Waals surface area contributed by atoms with E-state index in [1.54, 1.807) is 6.20 Å². The van der Waals surface area contributed by atoms with E-state index in [4.69, 9.17) is 11.6 Å². The second kappa shape index (κ2) is 12.7. The number of hydrogen-bond donors (Lipinski definition) is 1. The lowest BCUT2D eigenvalue weighted by Gasteiger charge is -2.40. The normalized spacial score (nSPS) is 15.2. The van der Waals surface area contributed by atoms with E-state index < -0.39 is 0 Å². The van der Waals surface area contributed by atoms with E-state index in [-0.39, 0.29) is 6.04 Å². The molecule has 0 saturated carbocycles. The molecule has 38 heavy (non-hydrogen) atoms. The highest BCUT2D eigenvalue weighted by Gasteiger charge is 2.26. The Kier molecular flexibility index (Phi) is 8.72. The number of halogens is 1. The predicted octanol–water partition coefficient (Wildman–Crippen LogP) is 5.82. The molecule has 0 spiro atoms. The monoisotopic (exact) mass is 524 g/mol. The zero-order valence-electron chi connectivity index (χ0n) is 21.5. The predicted molar refractivity (Wildman–Crippen MR) is 153 cm³/mol. The number of nitrogens with one attached hydrogen (secondary N) is 1. The smallest absolute Gasteiger partial charge is 0.0995 e. The quantitative estimate of drug-likeness (QED) is 0.265. The van der Waals surface area contributed by atoms with Gasteiger partial charge in [-0.3, -0.25) is 9.80 Å². The first-order valence-corrected chi connectivity index (χ1v) is 13.6. The van der Waals surface area contributed by atoms with Gasteiger partial charge in [-0.15, -0.1) is 0 Å². The fraction of sp³-hybridized carbons (Fsp3) is 0.290. The van der Waals surface area contributed by atoms with Gasteiger partial charge in [0.1, 0.15) is 0 Å². The van der Waals surface area contributed by atoms with Crippen molar-refractivity contribution >= 4 is 17.3 Å². The van der Waals surface area contributed by atoms with E-state index in [9.17, 15) is 5.26 Å². The molecule has 0 amide bonds. The molecule has 1 aliphatic rings. The Balaban J connectivity index is 1.21. The molecular weight excluding hydrogens is 492 g/mol. The molecule has 0 aliphatic carbocycles. The molecule has 194 valence electrons. The molecule has 7 heteroatoms. The lowest BCUT2D eigenvalue weighted by atomic mass is 9.96. The van der Waals surface area contributed by atoms with Crippen LogP contribution in [-0.2, 0) is 13.1 Å². The average Bonchev–Trinajstić information content (AvgIpc) is 3.48. The summed E-state index contributed by atoms with van der Waals surface area (Å²) in [4.78, 5) is 9.10. The Morgan fingerprint density at radius 2 is 1.71 bits per heavy atom. The van der Waals surface area contributed by atoms with Crippen molar-refractivity contribution in [2.45, 2.75) is 25.6 Å². The molecule has 4 aromatic rings. The lowest BCUT2D eigenvalue weighted by Crippen LogP contribution is -2.47.